The second-order valence-electron chi connectivity index (χ2n) is 4.43. The normalized spacial score (nSPS) is 30.6. The van der Waals surface area contributed by atoms with Crippen LogP contribution >= 0.6 is 0 Å². The van der Waals surface area contributed by atoms with E-state index in [0.717, 1.165) is 25.1 Å². The summed E-state index contributed by atoms with van der Waals surface area (Å²) < 4.78 is 18.7. The van der Waals surface area contributed by atoms with Gasteiger partial charge >= 0.3 is 0 Å². The van der Waals surface area contributed by atoms with Gasteiger partial charge in [0.2, 0.25) is 0 Å². The molecule has 1 saturated heterocycles. The molecule has 2 unspecified atom stereocenters. The smallest absolute Gasteiger partial charge is 0.104 e. The molecule has 0 amide bonds. The van der Waals surface area contributed by atoms with Crippen molar-refractivity contribution in [2.24, 2.45) is 0 Å². The van der Waals surface area contributed by atoms with E-state index in [0.29, 0.717) is 12.5 Å². The van der Waals surface area contributed by atoms with Crippen LogP contribution in [-0.2, 0) is 4.74 Å². The summed E-state index contributed by atoms with van der Waals surface area (Å²) in [6.45, 7) is 3.74. The van der Waals surface area contributed by atoms with Crippen molar-refractivity contribution in [3.05, 3.63) is 35.7 Å². The predicted molar refractivity (Wildman–Crippen MR) is 62.9 cm³/mol. The van der Waals surface area contributed by atoms with Gasteiger partial charge in [0.05, 0.1) is 12.7 Å². The maximum Gasteiger partial charge on any atom is 0.104 e. The minimum atomic E-state index is -0.0810. The number of nitrogens with one attached hydrogen (secondary N) is 1. The van der Waals surface area contributed by atoms with Gasteiger partial charge in [-0.3, -0.25) is 0 Å². The van der Waals surface area contributed by atoms with Crippen LogP contribution in [0.4, 0.5) is 4.39 Å². The second kappa shape index (κ2) is 5.41. The Morgan fingerprint density at radius 3 is 3.12 bits per heavy atom. The van der Waals surface area contributed by atoms with Gasteiger partial charge in [-0.2, -0.15) is 0 Å². The molecular weight excluding hydrogens is 205 g/mol. The highest BCUT2D eigenvalue weighted by Crippen LogP contribution is 2.18. The molecule has 0 spiro atoms. The summed E-state index contributed by atoms with van der Waals surface area (Å²) in [5.74, 6) is -0.0810. The summed E-state index contributed by atoms with van der Waals surface area (Å²) in [6.07, 6.45) is 8.71. The average Bonchev–Trinajstić information content (AvgIpc) is 2.47. The summed E-state index contributed by atoms with van der Waals surface area (Å²) in [5, 5.41) is 3.38. The third-order valence-corrected chi connectivity index (χ3v) is 2.86. The van der Waals surface area contributed by atoms with Crippen molar-refractivity contribution >= 4 is 0 Å². The maximum absolute atomic E-state index is 13.0. The van der Waals surface area contributed by atoms with E-state index in [2.05, 4.69) is 12.2 Å². The lowest BCUT2D eigenvalue weighted by atomic mass is 10.1. The zero-order valence-electron chi connectivity index (χ0n) is 9.58. The fourth-order valence-electron chi connectivity index (χ4n) is 1.90. The molecule has 3 heteroatoms. The molecular formula is C13H18FNO. The maximum atomic E-state index is 13.0. The lowest BCUT2D eigenvalue weighted by Gasteiger charge is -2.28. The molecule has 2 aliphatic rings. The Morgan fingerprint density at radius 1 is 1.50 bits per heavy atom. The minimum Gasteiger partial charge on any atom is -0.375 e. The molecule has 2 nitrogen and oxygen atoms in total. The first-order chi connectivity index (χ1) is 7.74. The summed E-state index contributed by atoms with van der Waals surface area (Å²) in [4.78, 5) is 0. The Bertz CT molecular complexity index is 325. The van der Waals surface area contributed by atoms with E-state index in [9.17, 15) is 4.39 Å². The van der Waals surface area contributed by atoms with E-state index in [-0.39, 0.29) is 11.9 Å². The van der Waals surface area contributed by atoms with E-state index in [1.807, 2.05) is 18.2 Å². The van der Waals surface area contributed by atoms with Gasteiger partial charge in [0.1, 0.15) is 5.83 Å². The zero-order valence-corrected chi connectivity index (χ0v) is 9.58. The topological polar surface area (TPSA) is 21.3 Å². The van der Waals surface area contributed by atoms with E-state index in [4.69, 9.17) is 4.74 Å². The molecule has 1 aliphatic heterocycles. The third kappa shape index (κ3) is 3.29. The van der Waals surface area contributed by atoms with Gasteiger partial charge in [-0.25, -0.2) is 4.39 Å². The summed E-state index contributed by atoms with van der Waals surface area (Å²) in [7, 11) is 0. The standard InChI is InChI=1S/C13H18FNO/c1-10-9-16-13(8-15-10)7-11-3-2-4-12(14)6-5-11/h2-3,5-6,10,13,15H,4,7-9H2,1H3. The molecule has 2 rings (SSSR count). The molecule has 0 aromatic rings. The van der Waals surface area contributed by atoms with Crippen molar-refractivity contribution < 1.29 is 9.13 Å². The Balaban J connectivity index is 1.90. The highest BCUT2D eigenvalue weighted by Gasteiger charge is 2.18. The van der Waals surface area contributed by atoms with Crippen molar-refractivity contribution in [3.8, 4) is 0 Å². The SMILES string of the molecule is CC1COC(CC2=CC=C(F)CC=C2)CN1. The molecule has 1 N–H and O–H groups in total. The average molecular weight is 223 g/mol. The Morgan fingerprint density at radius 2 is 2.38 bits per heavy atom. The number of ether oxygens (including phenoxy) is 1. The van der Waals surface area contributed by atoms with Gasteiger partial charge in [0.15, 0.2) is 0 Å². The number of rotatable bonds is 2. The highest BCUT2D eigenvalue weighted by molar-refractivity contribution is 5.29. The van der Waals surface area contributed by atoms with Crippen LogP contribution in [0.15, 0.2) is 35.7 Å². The van der Waals surface area contributed by atoms with Crippen LogP contribution < -0.4 is 5.32 Å². The van der Waals surface area contributed by atoms with E-state index in [1.54, 1.807) is 6.08 Å². The zero-order chi connectivity index (χ0) is 11.4. The summed E-state index contributed by atoms with van der Waals surface area (Å²) in [6, 6.07) is 0.437. The number of halogens is 1. The molecule has 2 atom stereocenters. The van der Waals surface area contributed by atoms with Gasteiger partial charge in [-0.1, -0.05) is 18.2 Å². The van der Waals surface area contributed by atoms with Crippen LogP contribution in [0.1, 0.15) is 19.8 Å². The van der Waals surface area contributed by atoms with E-state index >= 15 is 0 Å². The first kappa shape index (κ1) is 11.6. The Labute approximate surface area is 95.9 Å². The molecule has 1 aliphatic carbocycles. The third-order valence-electron chi connectivity index (χ3n) is 2.86. The monoisotopic (exact) mass is 223 g/mol. The first-order valence-corrected chi connectivity index (χ1v) is 5.81. The first-order valence-electron chi connectivity index (χ1n) is 5.81. The van der Waals surface area contributed by atoms with Crippen LogP contribution in [-0.4, -0.2) is 25.3 Å². The van der Waals surface area contributed by atoms with Crippen molar-refractivity contribution in [2.75, 3.05) is 13.2 Å². The predicted octanol–water partition coefficient (Wildman–Crippen LogP) is 2.49. The molecule has 0 bridgehead atoms. The van der Waals surface area contributed by atoms with Crippen LogP contribution in [0.5, 0.6) is 0 Å². The molecule has 1 fully saturated rings. The van der Waals surface area contributed by atoms with E-state index in [1.165, 1.54) is 0 Å². The molecule has 88 valence electrons. The largest absolute Gasteiger partial charge is 0.375 e. The number of allylic oxidation sites excluding steroid dienone is 5. The summed E-state index contributed by atoms with van der Waals surface area (Å²) in [5.41, 5.74) is 1.13. The van der Waals surface area contributed by atoms with Crippen LogP contribution in [0.3, 0.4) is 0 Å². The molecule has 1 heterocycles. The van der Waals surface area contributed by atoms with Gasteiger partial charge in [0, 0.05) is 19.0 Å². The highest BCUT2D eigenvalue weighted by atomic mass is 19.1. The lowest BCUT2D eigenvalue weighted by molar-refractivity contribution is 0.00928. The Hall–Kier alpha value is -0.930. The molecule has 16 heavy (non-hydrogen) atoms. The molecule has 0 radical (unpaired) electrons. The fraction of sp³-hybridized carbons (Fsp3) is 0.538. The van der Waals surface area contributed by atoms with Gasteiger partial charge < -0.3 is 10.1 Å². The molecule has 0 aromatic heterocycles. The fourth-order valence-corrected chi connectivity index (χ4v) is 1.90. The molecule has 0 aromatic carbocycles. The van der Waals surface area contributed by atoms with E-state index < -0.39 is 0 Å². The Kier molecular flexibility index (Phi) is 3.91. The van der Waals surface area contributed by atoms with Crippen molar-refractivity contribution in [2.45, 2.75) is 31.9 Å². The number of hydrogen-bond acceptors (Lipinski definition) is 2. The van der Waals surface area contributed by atoms with Crippen molar-refractivity contribution in [3.63, 3.8) is 0 Å². The van der Waals surface area contributed by atoms with Crippen LogP contribution in [0.25, 0.3) is 0 Å². The van der Waals surface area contributed by atoms with Crippen molar-refractivity contribution in [1.82, 2.24) is 5.32 Å². The second-order valence-corrected chi connectivity index (χ2v) is 4.43. The lowest BCUT2D eigenvalue weighted by Crippen LogP contribution is -2.44. The summed E-state index contributed by atoms with van der Waals surface area (Å²) >= 11 is 0. The van der Waals surface area contributed by atoms with Crippen LogP contribution in [0, 0.1) is 0 Å². The van der Waals surface area contributed by atoms with Crippen molar-refractivity contribution in [1.29, 1.82) is 0 Å². The molecule has 0 saturated carbocycles. The number of hydrogen-bond donors (Lipinski definition) is 1. The quantitative estimate of drug-likeness (QED) is 0.776. The van der Waals surface area contributed by atoms with Gasteiger partial charge in [0.25, 0.3) is 0 Å². The van der Waals surface area contributed by atoms with Crippen LogP contribution in [0.2, 0.25) is 0 Å². The minimum absolute atomic E-state index is 0.0810. The van der Waals surface area contributed by atoms with Gasteiger partial charge in [-0.15, -0.1) is 0 Å². The van der Waals surface area contributed by atoms with Gasteiger partial charge in [-0.05, 0) is 25.0 Å². The number of morpholine rings is 1.